The van der Waals surface area contributed by atoms with Crippen molar-refractivity contribution in [2.75, 3.05) is 4.90 Å². The van der Waals surface area contributed by atoms with Gasteiger partial charge in [0.15, 0.2) is 0 Å². The second-order valence-corrected chi connectivity index (χ2v) is 6.68. The van der Waals surface area contributed by atoms with Gasteiger partial charge in [-0.2, -0.15) is 0 Å². The molecule has 4 rings (SSSR count). The number of hydrogen-bond donors (Lipinski definition) is 0. The largest absolute Gasteiger partial charge is 0.423 e. The molecule has 0 N–H and O–H groups in total. The average Bonchev–Trinajstić information content (AvgIpc) is 3.21. The van der Waals surface area contributed by atoms with E-state index in [-0.39, 0.29) is 41.1 Å². The molecule has 1 aromatic rings. The van der Waals surface area contributed by atoms with Crippen LogP contribution < -0.4 is 9.64 Å². The van der Waals surface area contributed by atoms with Gasteiger partial charge in [-0.15, -0.1) is 0 Å². The van der Waals surface area contributed by atoms with Gasteiger partial charge >= 0.3 is 5.97 Å². The Balaban J connectivity index is 1.63. The normalized spacial score (nSPS) is 30.0. The zero-order chi connectivity index (χ0) is 17.0. The third-order valence-electron chi connectivity index (χ3n) is 5.11. The number of fused-ring (bicyclic) bond motifs is 5. The monoisotopic (exact) mass is 323 g/mol. The quantitative estimate of drug-likeness (QED) is 0.282. The summed E-state index contributed by atoms with van der Waals surface area (Å²) in [5.41, 5.74) is 0.733. The number of benzene rings is 1. The topological polar surface area (TPSA) is 63.7 Å². The summed E-state index contributed by atoms with van der Waals surface area (Å²) < 4.78 is 5.20. The lowest BCUT2D eigenvalue weighted by atomic mass is 9.85. The Kier molecular flexibility index (Phi) is 3.20. The molecule has 1 aliphatic heterocycles. The van der Waals surface area contributed by atoms with Crippen LogP contribution in [0.25, 0.3) is 0 Å². The lowest BCUT2D eigenvalue weighted by Crippen LogP contribution is -2.32. The predicted molar refractivity (Wildman–Crippen MR) is 87.1 cm³/mol. The number of carbonyl (C=O) groups is 3. The second-order valence-electron chi connectivity index (χ2n) is 6.68. The minimum Gasteiger partial charge on any atom is -0.423 e. The first kappa shape index (κ1) is 14.9. The second kappa shape index (κ2) is 5.16. The number of esters is 1. The Morgan fingerprint density at radius 1 is 1.17 bits per heavy atom. The van der Waals surface area contributed by atoms with Gasteiger partial charge in [-0.05, 0) is 37.3 Å². The van der Waals surface area contributed by atoms with Crippen molar-refractivity contribution in [1.29, 1.82) is 0 Å². The molecule has 2 fully saturated rings. The zero-order valence-corrected chi connectivity index (χ0v) is 13.3. The van der Waals surface area contributed by atoms with E-state index in [9.17, 15) is 14.4 Å². The lowest BCUT2D eigenvalue weighted by molar-refractivity contribution is -0.130. The summed E-state index contributed by atoms with van der Waals surface area (Å²) in [5, 5.41) is 0. The first-order valence-corrected chi connectivity index (χ1v) is 8.01. The van der Waals surface area contributed by atoms with Gasteiger partial charge in [0.25, 0.3) is 0 Å². The highest BCUT2D eigenvalue weighted by molar-refractivity contribution is 6.22. The number of ether oxygens (including phenoxy) is 1. The molecule has 5 nitrogen and oxygen atoms in total. The molecule has 1 aromatic carbocycles. The number of amides is 2. The van der Waals surface area contributed by atoms with Crippen LogP contribution in [-0.2, 0) is 14.4 Å². The van der Waals surface area contributed by atoms with Crippen molar-refractivity contribution in [3.8, 4) is 5.75 Å². The molecule has 1 saturated carbocycles. The van der Waals surface area contributed by atoms with Crippen LogP contribution in [0.1, 0.15) is 13.3 Å². The van der Waals surface area contributed by atoms with Crippen LogP contribution in [-0.4, -0.2) is 17.8 Å². The number of nitrogens with zero attached hydrogens (tertiary/aromatic N) is 1. The van der Waals surface area contributed by atoms with E-state index in [1.165, 1.54) is 4.90 Å². The highest BCUT2D eigenvalue weighted by Crippen LogP contribution is 2.53. The highest BCUT2D eigenvalue weighted by Gasteiger charge is 2.59. The van der Waals surface area contributed by atoms with Crippen LogP contribution in [0.4, 0.5) is 5.69 Å². The number of carbonyl (C=O) groups excluding carboxylic acids is 3. The lowest BCUT2D eigenvalue weighted by Gasteiger charge is -2.18. The molecule has 0 spiro atoms. The number of rotatable bonds is 3. The van der Waals surface area contributed by atoms with E-state index in [2.05, 4.69) is 18.7 Å². The third kappa shape index (κ3) is 2.04. The molecule has 4 atom stereocenters. The maximum Gasteiger partial charge on any atom is 0.338 e. The number of hydrogen-bond acceptors (Lipinski definition) is 4. The molecule has 2 bridgehead atoms. The third-order valence-corrected chi connectivity index (χ3v) is 5.11. The van der Waals surface area contributed by atoms with Gasteiger partial charge in [0.2, 0.25) is 11.8 Å². The van der Waals surface area contributed by atoms with Crippen LogP contribution >= 0.6 is 0 Å². The molecule has 0 aromatic heterocycles. The van der Waals surface area contributed by atoms with Gasteiger partial charge in [-0.1, -0.05) is 24.8 Å². The molecule has 5 heteroatoms. The molecule has 122 valence electrons. The summed E-state index contributed by atoms with van der Waals surface area (Å²) in [4.78, 5) is 38.5. The molecule has 1 heterocycles. The average molecular weight is 323 g/mol. The van der Waals surface area contributed by atoms with Gasteiger partial charge in [0.1, 0.15) is 5.75 Å². The zero-order valence-electron chi connectivity index (χ0n) is 13.3. The van der Waals surface area contributed by atoms with Crippen molar-refractivity contribution in [1.82, 2.24) is 0 Å². The van der Waals surface area contributed by atoms with Crippen LogP contribution in [0.15, 0.2) is 48.6 Å². The Bertz CT molecular complexity index is 779. The molecule has 24 heavy (non-hydrogen) atoms. The summed E-state index contributed by atoms with van der Waals surface area (Å²) in [6, 6.07) is 6.51. The molecule has 1 saturated heterocycles. The first-order valence-electron chi connectivity index (χ1n) is 8.01. The van der Waals surface area contributed by atoms with Gasteiger partial charge in [0, 0.05) is 11.6 Å². The predicted octanol–water partition coefficient (Wildman–Crippen LogP) is 2.48. The maximum absolute atomic E-state index is 12.8. The maximum atomic E-state index is 12.8. The smallest absolute Gasteiger partial charge is 0.338 e. The molecule has 0 unspecified atom stereocenters. The van der Waals surface area contributed by atoms with E-state index in [0.717, 1.165) is 6.42 Å². The molecular formula is C19H17NO4. The van der Waals surface area contributed by atoms with Crippen molar-refractivity contribution < 1.29 is 19.1 Å². The van der Waals surface area contributed by atoms with E-state index < -0.39 is 5.97 Å². The fourth-order valence-corrected chi connectivity index (χ4v) is 4.04. The van der Waals surface area contributed by atoms with Crippen molar-refractivity contribution in [3.63, 3.8) is 0 Å². The fraction of sp³-hybridized carbons (Fsp3) is 0.316. The van der Waals surface area contributed by atoms with Gasteiger partial charge in [0.05, 0.1) is 17.5 Å². The van der Waals surface area contributed by atoms with Gasteiger partial charge < -0.3 is 4.74 Å². The molecule has 2 amide bonds. The minimum atomic E-state index is -0.537. The van der Waals surface area contributed by atoms with Crippen LogP contribution in [0.2, 0.25) is 0 Å². The Hall–Kier alpha value is -2.69. The SMILES string of the molecule is C=C(C)C(=O)Oc1cccc(N2C(=O)[C@@H]3[C@@H](C2=O)[C@H]2C=C[C@H]3C2)c1. The van der Waals surface area contributed by atoms with Crippen LogP contribution in [0, 0.1) is 23.7 Å². The number of imide groups is 1. The summed E-state index contributed by atoms with van der Waals surface area (Å²) in [5.74, 6) is -0.681. The number of anilines is 1. The summed E-state index contributed by atoms with van der Waals surface area (Å²) in [6.07, 6.45) is 5.02. The Morgan fingerprint density at radius 3 is 2.38 bits per heavy atom. The molecule has 2 aliphatic carbocycles. The van der Waals surface area contributed by atoms with Crippen molar-refractivity contribution in [3.05, 3.63) is 48.6 Å². The fourth-order valence-electron chi connectivity index (χ4n) is 4.04. The van der Waals surface area contributed by atoms with Crippen molar-refractivity contribution in [2.24, 2.45) is 23.7 Å². The standard InChI is InChI=1S/C19H17NO4/c1-10(2)19(23)24-14-5-3-4-13(9-14)20-17(21)15-11-6-7-12(8-11)16(15)18(20)22/h3-7,9,11-12,15-16H,1,8H2,2H3/t11-,12-,15-,16-/m0/s1. The highest BCUT2D eigenvalue weighted by atomic mass is 16.5. The van der Waals surface area contributed by atoms with Crippen molar-refractivity contribution >= 4 is 23.5 Å². The van der Waals surface area contributed by atoms with Gasteiger partial charge in [-0.25, -0.2) is 9.69 Å². The van der Waals surface area contributed by atoms with E-state index >= 15 is 0 Å². The molecule has 0 radical (unpaired) electrons. The van der Waals surface area contributed by atoms with E-state index in [4.69, 9.17) is 4.74 Å². The summed E-state index contributed by atoms with van der Waals surface area (Å²) in [6.45, 7) is 5.10. The number of allylic oxidation sites excluding steroid dienone is 2. The molecule has 3 aliphatic rings. The van der Waals surface area contributed by atoms with E-state index in [1.54, 1.807) is 31.2 Å². The molecular weight excluding hydrogens is 306 g/mol. The summed E-state index contributed by atoms with van der Waals surface area (Å²) in [7, 11) is 0. The van der Waals surface area contributed by atoms with E-state index in [0.29, 0.717) is 11.4 Å². The minimum absolute atomic E-state index is 0.148. The summed E-state index contributed by atoms with van der Waals surface area (Å²) >= 11 is 0. The van der Waals surface area contributed by atoms with Crippen LogP contribution in [0.5, 0.6) is 5.75 Å². The van der Waals surface area contributed by atoms with Crippen LogP contribution in [0.3, 0.4) is 0 Å². The Labute approximate surface area is 139 Å². The first-order chi connectivity index (χ1) is 11.5. The van der Waals surface area contributed by atoms with Crippen molar-refractivity contribution in [2.45, 2.75) is 13.3 Å². The van der Waals surface area contributed by atoms with E-state index in [1.807, 2.05) is 0 Å². The Morgan fingerprint density at radius 2 is 1.79 bits per heavy atom. The van der Waals surface area contributed by atoms with Gasteiger partial charge in [-0.3, -0.25) is 9.59 Å².